The molecule has 0 bridgehead atoms. The summed E-state index contributed by atoms with van der Waals surface area (Å²) in [5.41, 5.74) is 3.37. The van der Waals surface area contributed by atoms with Crippen molar-refractivity contribution in [3.63, 3.8) is 0 Å². The van der Waals surface area contributed by atoms with Gasteiger partial charge in [0.05, 0.1) is 20.3 Å². The van der Waals surface area contributed by atoms with Crippen molar-refractivity contribution in [2.45, 2.75) is 26.3 Å². The summed E-state index contributed by atoms with van der Waals surface area (Å²) < 4.78 is 10.6. The third-order valence-electron chi connectivity index (χ3n) is 3.92. The van der Waals surface area contributed by atoms with E-state index in [4.69, 9.17) is 21.7 Å². The van der Waals surface area contributed by atoms with Gasteiger partial charge in [0.15, 0.2) is 16.6 Å². The Labute approximate surface area is 149 Å². The van der Waals surface area contributed by atoms with Crippen LogP contribution in [0.1, 0.15) is 30.5 Å². The number of benzene rings is 2. The maximum Gasteiger partial charge on any atom is 0.171 e. The molecule has 128 valence electrons. The van der Waals surface area contributed by atoms with E-state index in [1.165, 1.54) is 11.1 Å². The summed E-state index contributed by atoms with van der Waals surface area (Å²) in [5.74, 6) is 1.35. The minimum absolute atomic E-state index is 0.173. The van der Waals surface area contributed by atoms with Crippen molar-refractivity contribution in [1.82, 2.24) is 5.32 Å². The van der Waals surface area contributed by atoms with Gasteiger partial charge in [-0.3, -0.25) is 0 Å². The molecular weight excluding hydrogens is 320 g/mol. The second-order valence-electron chi connectivity index (χ2n) is 5.49. The van der Waals surface area contributed by atoms with E-state index in [2.05, 4.69) is 42.7 Å². The van der Waals surface area contributed by atoms with Crippen molar-refractivity contribution in [3.05, 3.63) is 53.6 Å². The van der Waals surface area contributed by atoms with Gasteiger partial charge in [-0.1, -0.05) is 31.2 Å². The first kappa shape index (κ1) is 18.1. The highest BCUT2D eigenvalue weighted by molar-refractivity contribution is 7.80. The average molecular weight is 344 g/mol. The van der Waals surface area contributed by atoms with Crippen LogP contribution in [0.4, 0.5) is 5.69 Å². The van der Waals surface area contributed by atoms with E-state index < -0.39 is 0 Å². The van der Waals surface area contributed by atoms with Gasteiger partial charge in [0.2, 0.25) is 0 Å². The van der Waals surface area contributed by atoms with Gasteiger partial charge in [0.1, 0.15) is 0 Å². The van der Waals surface area contributed by atoms with Crippen LogP contribution in [0, 0.1) is 6.92 Å². The van der Waals surface area contributed by atoms with Crippen LogP contribution in [-0.2, 0) is 0 Å². The maximum atomic E-state index is 5.47. The molecular formula is C19H24N2O2S. The van der Waals surface area contributed by atoms with E-state index >= 15 is 0 Å². The van der Waals surface area contributed by atoms with Crippen LogP contribution in [0.3, 0.4) is 0 Å². The summed E-state index contributed by atoms with van der Waals surface area (Å²) in [6.45, 7) is 4.26. The zero-order chi connectivity index (χ0) is 17.5. The van der Waals surface area contributed by atoms with Gasteiger partial charge in [-0.15, -0.1) is 0 Å². The first-order valence-corrected chi connectivity index (χ1v) is 8.35. The monoisotopic (exact) mass is 344 g/mol. The van der Waals surface area contributed by atoms with E-state index in [-0.39, 0.29) is 6.04 Å². The van der Waals surface area contributed by atoms with Crippen LogP contribution in [-0.4, -0.2) is 19.3 Å². The molecule has 0 aromatic heterocycles. The fourth-order valence-corrected chi connectivity index (χ4v) is 2.88. The number of nitrogens with one attached hydrogen (secondary N) is 2. The molecule has 0 amide bonds. The summed E-state index contributed by atoms with van der Waals surface area (Å²) >= 11 is 5.47. The SMILES string of the molecule is CC[C@@H](NC(=S)Nc1ccc(OC)c(OC)c1)c1ccccc1C. The van der Waals surface area contributed by atoms with Crippen molar-refractivity contribution in [2.75, 3.05) is 19.5 Å². The lowest BCUT2D eigenvalue weighted by molar-refractivity contribution is 0.355. The number of hydrogen-bond donors (Lipinski definition) is 2. The third-order valence-corrected chi connectivity index (χ3v) is 4.14. The first-order chi connectivity index (χ1) is 11.6. The van der Waals surface area contributed by atoms with E-state index in [9.17, 15) is 0 Å². The number of anilines is 1. The van der Waals surface area contributed by atoms with Gasteiger partial charge in [-0.2, -0.15) is 0 Å². The predicted octanol–water partition coefficient (Wildman–Crippen LogP) is 4.45. The number of aryl methyl sites for hydroxylation is 1. The highest BCUT2D eigenvalue weighted by atomic mass is 32.1. The van der Waals surface area contributed by atoms with E-state index in [0.29, 0.717) is 16.6 Å². The van der Waals surface area contributed by atoms with Crippen molar-refractivity contribution in [2.24, 2.45) is 0 Å². The number of methoxy groups -OCH3 is 2. The molecule has 2 rings (SSSR count). The quantitative estimate of drug-likeness (QED) is 0.758. The molecule has 2 N–H and O–H groups in total. The Bertz CT molecular complexity index is 704. The Hall–Kier alpha value is -2.27. The van der Waals surface area contributed by atoms with Gasteiger partial charge in [-0.25, -0.2) is 0 Å². The molecule has 0 aliphatic heterocycles. The molecule has 1 atom stereocenters. The molecule has 0 saturated heterocycles. The molecule has 4 nitrogen and oxygen atoms in total. The largest absolute Gasteiger partial charge is 0.493 e. The first-order valence-electron chi connectivity index (χ1n) is 7.94. The molecule has 0 fully saturated rings. The van der Waals surface area contributed by atoms with E-state index in [1.54, 1.807) is 14.2 Å². The number of ether oxygens (including phenoxy) is 2. The summed E-state index contributed by atoms with van der Waals surface area (Å²) in [4.78, 5) is 0. The Morgan fingerprint density at radius 2 is 1.79 bits per heavy atom. The van der Waals surface area contributed by atoms with Gasteiger partial charge in [0.25, 0.3) is 0 Å². The molecule has 2 aromatic carbocycles. The molecule has 0 aliphatic carbocycles. The van der Waals surface area contributed by atoms with Crippen LogP contribution in [0.2, 0.25) is 0 Å². The maximum absolute atomic E-state index is 5.47. The molecule has 0 heterocycles. The summed E-state index contributed by atoms with van der Waals surface area (Å²) in [6.07, 6.45) is 0.943. The van der Waals surface area contributed by atoms with Gasteiger partial charge in [0, 0.05) is 11.8 Å². The van der Waals surface area contributed by atoms with Crippen LogP contribution in [0.15, 0.2) is 42.5 Å². The number of thiocarbonyl (C=S) groups is 1. The number of hydrogen-bond acceptors (Lipinski definition) is 3. The predicted molar refractivity (Wildman–Crippen MR) is 103 cm³/mol. The molecule has 0 spiro atoms. The summed E-state index contributed by atoms with van der Waals surface area (Å²) in [6, 6.07) is 14.1. The Kier molecular flexibility index (Phi) is 6.44. The fourth-order valence-electron chi connectivity index (χ4n) is 2.62. The molecule has 0 unspecified atom stereocenters. The normalized spacial score (nSPS) is 11.5. The molecule has 0 radical (unpaired) electrons. The van der Waals surface area contributed by atoms with Crippen molar-refractivity contribution in [1.29, 1.82) is 0 Å². The van der Waals surface area contributed by atoms with Gasteiger partial charge < -0.3 is 20.1 Å². The summed E-state index contributed by atoms with van der Waals surface area (Å²) in [7, 11) is 3.23. The molecule has 2 aromatic rings. The van der Waals surface area contributed by atoms with Gasteiger partial charge in [-0.05, 0) is 48.8 Å². The Balaban J connectivity index is 2.08. The lowest BCUT2D eigenvalue weighted by Crippen LogP contribution is -2.32. The smallest absolute Gasteiger partial charge is 0.171 e. The van der Waals surface area contributed by atoms with Crippen molar-refractivity contribution < 1.29 is 9.47 Å². The van der Waals surface area contributed by atoms with Crippen LogP contribution in [0.5, 0.6) is 11.5 Å². The standard InChI is InChI=1S/C19H24N2O2S/c1-5-16(15-9-7-6-8-13(15)2)21-19(24)20-14-10-11-17(22-3)18(12-14)23-4/h6-12,16H,5H2,1-4H3,(H2,20,21,24)/t16-/m1/s1. The van der Waals surface area contributed by atoms with Gasteiger partial charge >= 0.3 is 0 Å². The number of rotatable bonds is 6. The van der Waals surface area contributed by atoms with Crippen LogP contribution in [0.25, 0.3) is 0 Å². The Morgan fingerprint density at radius 1 is 1.08 bits per heavy atom. The van der Waals surface area contributed by atoms with Crippen molar-refractivity contribution >= 4 is 23.0 Å². The molecule has 5 heteroatoms. The average Bonchev–Trinajstić information content (AvgIpc) is 2.60. The second kappa shape index (κ2) is 8.55. The second-order valence-corrected chi connectivity index (χ2v) is 5.89. The van der Waals surface area contributed by atoms with Crippen LogP contribution < -0.4 is 20.1 Å². The molecule has 0 aliphatic rings. The minimum atomic E-state index is 0.173. The lowest BCUT2D eigenvalue weighted by Gasteiger charge is -2.22. The molecule has 0 saturated carbocycles. The zero-order valence-electron chi connectivity index (χ0n) is 14.6. The van der Waals surface area contributed by atoms with Crippen LogP contribution >= 0.6 is 12.2 Å². The highest BCUT2D eigenvalue weighted by Crippen LogP contribution is 2.29. The Morgan fingerprint density at radius 3 is 2.42 bits per heavy atom. The van der Waals surface area contributed by atoms with E-state index in [0.717, 1.165) is 12.1 Å². The topological polar surface area (TPSA) is 42.5 Å². The van der Waals surface area contributed by atoms with Crippen molar-refractivity contribution in [3.8, 4) is 11.5 Å². The summed E-state index contributed by atoms with van der Waals surface area (Å²) in [5, 5.41) is 7.17. The third kappa shape index (κ3) is 4.38. The van der Waals surface area contributed by atoms with E-state index in [1.807, 2.05) is 24.3 Å². The fraction of sp³-hybridized carbons (Fsp3) is 0.316. The highest BCUT2D eigenvalue weighted by Gasteiger charge is 2.13. The molecule has 24 heavy (non-hydrogen) atoms. The minimum Gasteiger partial charge on any atom is -0.493 e. The zero-order valence-corrected chi connectivity index (χ0v) is 15.4. The lowest BCUT2D eigenvalue weighted by atomic mass is 10.00.